The molecular weight excluding hydrogens is 321 g/mol. The van der Waals surface area contributed by atoms with E-state index in [-0.39, 0.29) is 5.69 Å². The molecule has 2 unspecified atom stereocenters. The largest absolute Gasteiger partial charge is 0.418 e. The molecule has 1 aliphatic rings. The molecule has 1 aromatic rings. The fourth-order valence-electron chi connectivity index (χ4n) is 1.92. The minimum atomic E-state index is -4.61. The summed E-state index contributed by atoms with van der Waals surface area (Å²) in [5.41, 5.74) is -1.36. The second-order valence-electron chi connectivity index (χ2n) is 4.64. The highest BCUT2D eigenvalue weighted by Gasteiger charge is 2.40. The van der Waals surface area contributed by atoms with Gasteiger partial charge < -0.3 is 5.32 Å². The zero-order valence-electron chi connectivity index (χ0n) is 11.2. The number of nitrogens with one attached hydrogen (secondary N) is 2. The molecule has 3 amide bonds. The lowest BCUT2D eigenvalue weighted by molar-refractivity contribution is -0.137. The highest BCUT2D eigenvalue weighted by molar-refractivity contribution is 8.15. The molecule has 22 heavy (non-hydrogen) atoms. The van der Waals surface area contributed by atoms with Crippen LogP contribution in [0.5, 0.6) is 0 Å². The van der Waals surface area contributed by atoms with Crippen LogP contribution in [0.15, 0.2) is 24.3 Å². The van der Waals surface area contributed by atoms with Crippen molar-refractivity contribution in [1.29, 1.82) is 0 Å². The highest BCUT2D eigenvalue weighted by atomic mass is 32.2. The van der Waals surface area contributed by atoms with Gasteiger partial charge in [-0.05, 0) is 12.1 Å². The number of benzene rings is 1. The highest BCUT2D eigenvalue weighted by Crippen LogP contribution is 2.35. The Labute approximate surface area is 127 Å². The van der Waals surface area contributed by atoms with Crippen molar-refractivity contribution in [2.24, 2.45) is 5.92 Å². The van der Waals surface area contributed by atoms with E-state index < -0.39 is 40.0 Å². The van der Waals surface area contributed by atoms with Crippen molar-refractivity contribution in [3.8, 4) is 0 Å². The van der Waals surface area contributed by atoms with Crippen LogP contribution in [0.2, 0.25) is 0 Å². The van der Waals surface area contributed by atoms with Gasteiger partial charge in [-0.1, -0.05) is 30.8 Å². The Morgan fingerprint density at radius 1 is 1.32 bits per heavy atom. The molecule has 5 nitrogen and oxygen atoms in total. The van der Waals surface area contributed by atoms with Gasteiger partial charge in [-0.15, -0.1) is 0 Å². The fourth-order valence-corrected chi connectivity index (χ4v) is 2.81. The molecule has 9 heteroatoms. The molecule has 2 N–H and O–H groups in total. The number of imide groups is 1. The van der Waals surface area contributed by atoms with Crippen LogP contribution in [0.3, 0.4) is 0 Å². The number of rotatable bonds is 3. The van der Waals surface area contributed by atoms with Crippen LogP contribution in [0.1, 0.15) is 12.5 Å². The van der Waals surface area contributed by atoms with Crippen LogP contribution in [0.25, 0.3) is 0 Å². The topological polar surface area (TPSA) is 75.3 Å². The summed E-state index contributed by atoms with van der Waals surface area (Å²) in [6, 6.07) is 4.54. The summed E-state index contributed by atoms with van der Waals surface area (Å²) in [5.74, 6) is -2.35. The first kappa shape index (κ1) is 16.3. The van der Waals surface area contributed by atoms with Crippen molar-refractivity contribution >= 4 is 34.5 Å². The van der Waals surface area contributed by atoms with E-state index in [1.807, 2.05) is 5.32 Å². The number of halogens is 3. The number of carbonyl (C=O) groups excluding carboxylic acids is 3. The molecule has 118 valence electrons. The number of thioether (sulfide) groups is 1. The zero-order valence-corrected chi connectivity index (χ0v) is 12.0. The average molecular weight is 332 g/mol. The van der Waals surface area contributed by atoms with Gasteiger partial charge in [0.25, 0.3) is 5.24 Å². The van der Waals surface area contributed by atoms with Gasteiger partial charge >= 0.3 is 6.18 Å². The molecule has 2 rings (SSSR count). The maximum Gasteiger partial charge on any atom is 0.418 e. The molecule has 0 aliphatic carbocycles. The van der Waals surface area contributed by atoms with Gasteiger partial charge in [0.15, 0.2) is 0 Å². The smallest absolute Gasteiger partial charge is 0.325 e. The van der Waals surface area contributed by atoms with Crippen molar-refractivity contribution in [2.45, 2.75) is 18.3 Å². The molecule has 0 bridgehead atoms. The third-order valence-electron chi connectivity index (χ3n) is 3.08. The fraction of sp³-hybridized carbons (Fsp3) is 0.308. The summed E-state index contributed by atoms with van der Waals surface area (Å²) in [6.45, 7) is 1.38. The van der Waals surface area contributed by atoms with E-state index in [4.69, 9.17) is 0 Å². The van der Waals surface area contributed by atoms with Crippen molar-refractivity contribution in [3.05, 3.63) is 29.8 Å². The number of anilines is 1. The Kier molecular flexibility index (Phi) is 4.45. The molecule has 0 aromatic heterocycles. The molecule has 2 atom stereocenters. The maximum absolute atomic E-state index is 12.8. The Bertz CT molecular complexity index is 633. The molecule has 1 heterocycles. The van der Waals surface area contributed by atoms with Gasteiger partial charge in [0.2, 0.25) is 11.8 Å². The second kappa shape index (κ2) is 5.99. The molecule has 0 spiro atoms. The molecule has 1 aliphatic heterocycles. The van der Waals surface area contributed by atoms with Crippen LogP contribution in [0, 0.1) is 5.92 Å². The lowest BCUT2D eigenvalue weighted by Gasteiger charge is -2.18. The molecular formula is C13H11F3N2O3S. The first-order chi connectivity index (χ1) is 10.2. The van der Waals surface area contributed by atoms with Crippen LogP contribution in [0.4, 0.5) is 23.7 Å². The third-order valence-corrected chi connectivity index (χ3v) is 4.27. The van der Waals surface area contributed by atoms with Crippen LogP contribution in [-0.4, -0.2) is 22.3 Å². The Morgan fingerprint density at radius 2 is 1.95 bits per heavy atom. The van der Waals surface area contributed by atoms with Crippen LogP contribution >= 0.6 is 11.8 Å². The minimum Gasteiger partial charge on any atom is -0.325 e. The second-order valence-corrected chi connectivity index (χ2v) is 5.75. The van der Waals surface area contributed by atoms with Gasteiger partial charge in [0.05, 0.1) is 17.2 Å². The number of carbonyl (C=O) groups is 3. The van der Waals surface area contributed by atoms with Crippen molar-refractivity contribution in [2.75, 3.05) is 5.32 Å². The average Bonchev–Trinajstić information content (AvgIpc) is 2.76. The number of alkyl halides is 3. The van der Waals surface area contributed by atoms with E-state index in [0.29, 0.717) is 11.8 Å². The van der Waals surface area contributed by atoms with Crippen LogP contribution < -0.4 is 10.6 Å². The lowest BCUT2D eigenvalue weighted by atomic mass is 10.1. The summed E-state index contributed by atoms with van der Waals surface area (Å²) < 4.78 is 38.5. The van der Waals surface area contributed by atoms with Crippen molar-refractivity contribution < 1.29 is 27.6 Å². The van der Waals surface area contributed by atoms with E-state index in [1.165, 1.54) is 19.1 Å². The summed E-state index contributed by atoms with van der Waals surface area (Å²) in [7, 11) is 0. The maximum atomic E-state index is 12.8. The first-order valence-corrected chi connectivity index (χ1v) is 7.06. The molecule has 1 aromatic carbocycles. The van der Waals surface area contributed by atoms with Crippen molar-refractivity contribution in [1.82, 2.24) is 5.32 Å². The number of amides is 3. The predicted octanol–water partition coefficient (Wildman–Crippen LogP) is 2.63. The third kappa shape index (κ3) is 3.41. The summed E-state index contributed by atoms with van der Waals surface area (Å²) in [4.78, 5) is 34.6. The van der Waals surface area contributed by atoms with Gasteiger partial charge in [0, 0.05) is 0 Å². The number of para-hydroxylation sites is 1. The van der Waals surface area contributed by atoms with Gasteiger partial charge in [-0.25, -0.2) is 0 Å². The lowest BCUT2D eigenvalue weighted by Crippen LogP contribution is -2.35. The minimum absolute atomic E-state index is 0.387. The summed E-state index contributed by atoms with van der Waals surface area (Å²) in [5, 5.41) is 2.66. The molecule has 0 saturated carbocycles. The SMILES string of the molecule is CC(C(=O)Nc1ccccc1C(F)(F)F)C1SC(=O)NC1=O. The Balaban J connectivity index is 2.16. The zero-order chi connectivity index (χ0) is 16.5. The molecule has 0 radical (unpaired) electrons. The van der Waals surface area contributed by atoms with E-state index in [0.717, 1.165) is 12.1 Å². The quantitative estimate of drug-likeness (QED) is 0.892. The van der Waals surface area contributed by atoms with Crippen LogP contribution in [-0.2, 0) is 15.8 Å². The molecule has 1 fully saturated rings. The van der Waals surface area contributed by atoms with E-state index in [2.05, 4.69) is 5.32 Å². The van der Waals surface area contributed by atoms with Gasteiger partial charge in [-0.2, -0.15) is 13.2 Å². The summed E-state index contributed by atoms with van der Waals surface area (Å²) in [6.07, 6.45) is -4.61. The monoisotopic (exact) mass is 332 g/mol. The number of hydrogen-bond acceptors (Lipinski definition) is 4. The Morgan fingerprint density at radius 3 is 2.50 bits per heavy atom. The van der Waals surface area contributed by atoms with E-state index in [1.54, 1.807) is 0 Å². The number of hydrogen-bond donors (Lipinski definition) is 2. The summed E-state index contributed by atoms with van der Waals surface area (Å²) >= 11 is 0.648. The molecule has 1 saturated heterocycles. The van der Waals surface area contributed by atoms with Gasteiger partial charge in [-0.3, -0.25) is 19.7 Å². The van der Waals surface area contributed by atoms with E-state index >= 15 is 0 Å². The first-order valence-electron chi connectivity index (χ1n) is 6.18. The predicted molar refractivity (Wildman–Crippen MR) is 74.2 cm³/mol. The van der Waals surface area contributed by atoms with E-state index in [9.17, 15) is 27.6 Å². The standard InChI is InChI=1S/C13H11F3N2O3S/c1-6(9-11(20)18-12(21)22-9)10(19)17-8-5-3-2-4-7(8)13(14,15)16/h2-6,9H,1H3,(H,17,19)(H,18,20,21). The Hall–Kier alpha value is -2.03. The van der Waals surface area contributed by atoms with Crippen molar-refractivity contribution in [3.63, 3.8) is 0 Å². The normalized spacial score (nSPS) is 19.7. The van der Waals surface area contributed by atoms with Gasteiger partial charge in [0.1, 0.15) is 5.25 Å².